The van der Waals surface area contributed by atoms with Gasteiger partial charge in [0, 0.05) is 21.1 Å². The van der Waals surface area contributed by atoms with Gasteiger partial charge in [-0.2, -0.15) is 0 Å². The highest BCUT2D eigenvalue weighted by Gasteiger charge is 2.05. The van der Waals surface area contributed by atoms with Crippen LogP contribution < -0.4 is 17.1 Å². The van der Waals surface area contributed by atoms with Gasteiger partial charge < -0.3 is 0 Å². The number of nitrogens with zero attached hydrogens (tertiary/aromatic N) is 3. The van der Waals surface area contributed by atoms with E-state index in [0.717, 1.165) is 13.7 Å². The first-order valence-corrected chi connectivity index (χ1v) is 3.63. The molecule has 0 amide bonds. The Kier molecular flexibility index (Phi) is 3.66. The maximum atomic E-state index is 11.1. The fourth-order valence-corrected chi connectivity index (χ4v) is 0.920. The number of rotatable bonds is 0. The van der Waals surface area contributed by atoms with Crippen LogP contribution in [0.15, 0.2) is 14.4 Å². The van der Waals surface area contributed by atoms with Crippen molar-refractivity contribution in [1.29, 1.82) is 0 Å². The van der Waals surface area contributed by atoms with E-state index >= 15 is 0 Å². The molecule has 76 valence electrons. The van der Waals surface area contributed by atoms with Crippen molar-refractivity contribution in [2.24, 2.45) is 21.1 Å². The molecule has 0 saturated heterocycles. The van der Waals surface area contributed by atoms with Crippen molar-refractivity contribution in [2.45, 2.75) is 0 Å². The van der Waals surface area contributed by atoms with Crippen LogP contribution in [0.1, 0.15) is 0 Å². The van der Waals surface area contributed by atoms with Gasteiger partial charge in [0.25, 0.3) is 0 Å². The summed E-state index contributed by atoms with van der Waals surface area (Å²) >= 11 is 0. The molecule has 0 atom stereocenters. The van der Waals surface area contributed by atoms with Gasteiger partial charge in [0.15, 0.2) is 0 Å². The van der Waals surface area contributed by atoms with Crippen molar-refractivity contribution >= 4 is 0 Å². The van der Waals surface area contributed by atoms with Gasteiger partial charge in [-0.3, -0.25) is 0 Å². The first-order chi connectivity index (χ1) is 6.46. The van der Waals surface area contributed by atoms with Crippen LogP contribution in [0, 0.1) is 12.8 Å². The molecule has 14 heavy (non-hydrogen) atoms. The standard InChI is InChI=1S/C6H9N3O3.C2H2/c1-7-4(10)8(2)6(12)9(3)5(7)11;1-2/h1-3H3;1-2H. The van der Waals surface area contributed by atoms with Crippen molar-refractivity contribution in [2.75, 3.05) is 0 Å². The first-order valence-electron chi connectivity index (χ1n) is 3.63. The fraction of sp³-hybridized carbons (Fsp3) is 0.375. The zero-order valence-corrected chi connectivity index (χ0v) is 8.22. The maximum absolute atomic E-state index is 11.1. The molecule has 0 N–H and O–H groups in total. The summed E-state index contributed by atoms with van der Waals surface area (Å²) in [5.74, 6) is 0. The third kappa shape index (κ3) is 1.66. The lowest BCUT2D eigenvalue weighted by Gasteiger charge is -2.02. The fourth-order valence-electron chi connectivity index (χ4n) is 0.920. The minimum absolute atomic E-state index is 0.608. The molecule has 1 rings (SSSR count). The van der Waals surface area contributed by atoms with E-state index in [-0.39, 0.29) is 0 Å². The van der Waals surface area contributed by atoms with Gasteiger partial charge in [0.1, 0.15) is 0 Å². The molecule has 1 aromatic heterocycles. The van der Waals surface area contributed by atoms with E-state index in [1.807, 2.05) is 0 Å². The van der Waals surface area contributed by atoms with E-state index in [1.165, 1.54) is 21.1 Å². The molecule has 1 heterocycles. The predicted molar refractivity (Wildman–Crippen MR) is 52.1 cm³/mol. The normalized spacial score (nSPS) is 8.93. The Morgan fingerprint density at radius 2 is 0.857 bits per heavy atom. The van der Waals surface area contributed by atoms with E-state index in [2.05, 4.69) is 12.8 Å². The average molecular weight is 197 g/mol. The molecule has 0 unspecified atom stereocenters. The monoisotopic (exact) mass is 197 g/mol. The molecule has 0 aliphatic carbocycles. The third-order valence-corrected chi connectivity index (χ3v) is 1.72. The average Bonchev–Trinajstić information content (AvgIpc) is 2.24. The lowest BCUT2D eigenvalue weighted by Crippen LogP contribution is -2.51. The molecule has 1 aromatic rings. The van der Waals surface area contributed by atoms with Gasteiger partial charge in [-0.25, -0.2) is 28.1 Å². The molecule has 0 spiro atoms. The Labute approximate surface area is 80.0 Å². The van der Waals surface area contributed by atoms with Gasteiger partial charge in [0.05, 0.1) is 0 Å². The molecule has 6 heteroatoms. The van der Waals surface area contributed by atoms with Crippen molar-refractivity contribution in [3.8, 4) is 12.8 Å². The van der Waals surface area contributed by atoms with Crippen LogP contribution in [-0.2, 0) is 21.1 Å². The smallest absolute Gasteiger partial charge is 0.248 e. The summed E-state index contributed by atoms with van der Waals surface area (Å²) in [6, 6.07) is 0. The maximum Gasteiger partial charge on any atom is 0.335 e. The molecule has 0 saturated carbocycles. The van der Waals surface area contributed by atoms with Crippen molar-refractivity contribution < 1.29 is 0 Å². The van der Waals surface area contributed by atoms with Gasteiger partial charge >= 0.3 is 17.1 Å². The highest BCUT2D eigenvalue weighted by Crippen LogP contribution is 1.58. The van der Waals surface area contributed by atoms with Crippen LogP contribution in [0.3, 0.4) is 0 Å². The highest BCUT2D eigenvalue weighted by atomic mass is 16.2. The molecule has 0 fully saturated rings. The number of terminal acetylenes is 1. The molecule has 0 aliphatic heterocycles. The minimum Gasteiger partial charge on any atom is -0.248 e. The Hall–Kier alpha value is -2.03. The van der Waals surface area contributed by atoms with E-state index in [0.29, 0.717) is 0 Å². The van der Waals surface area contributed by atoms with Crippen LogP contribution in [0.25, 0.3) is 0 Å². The Balaban J connectivity index is 0.000000791. The minimum atomic E-state index is -0.608. The third-order valence-electron chi connectivity index (χ3n) is 1.72. The quantitative estimate of drug-likeness (QED) is 0.453. The van der Waals surface area contributed by atoms with Crippen LogP contribution in [0.4, 0.5) is 0 Å². The second-order valence-corrected chi connectivity index (χ2v) is 2.52. The Bertz CT molecular complexity index is 414. The molecule has 0 aromatic carbocycles. The topological polar surface area (TPSA) is 66.0 Å². The summed E-state index contributed by atoms with van der Waals surface area (Å²) in [5, 5.41) is 0. The number of aromatic nitrogens is 3. The molecule has 0 bridgehead atoms. The lowest BCUT2D eigenvalue weighted by atomic mass is 10.8. The lowest BCUT2D eigenvalue weighted by molar-refractivity contribution is 0.551. The Morgan fingerprint density at radius 3 is 1.00 bits per heavy atom. The second-order valence-electron chi connectivity index (χ2n) is 2.52. The van der Waals surface area contributed by atoms with Crippen LogP contribution in [-0.4, -0.2) is 13.7 Å². The Morgan fingerprint density at radius 1 is 0.714 bits per heavy atom. The van der Waals surface area contributed by atoms with E-state index in [4.69, 9.17) is 0 Å². The molecule has 0 radical (unpaired) electrons. The van der Waals surface area contributed by atoms with E-state index in [9.17, 15) is 14.4 Å². The highest BCUT2D eigenvalue weighted by molar-refractivity contribution is 4.73. The largest absolute Gasteiger partial charge is 0.335 e. The zero-order valence-electron chi connectivity index (χ0n) is 8.22. The summed E-state index contributed by atoms with van der Waals surface area (Å²) in [6.45, 7) is 0. The van der Waals surface area contributed by atoms with Crippen LogP contribution in [0.5, 0.6) is 0 Å². The summed E-state index contributed by atoms with van der Waals surface area (Å²) < 4.78 is 2.63. The van der Waals surface area contributed by atoms with E-state index < -0.39 is 17.1 Å². The van der Waals surface area contributed by atoms with Gasteiger partial charge in [-0.15, -0.1) is 12.8 Å². The van der Waals surface area contributed by atoms with Crippen molar-refractivity contribution in [3.63, 3.8) is 0 Å². The van der Waals surface area contributed by atoms with Gasteiger partial charge in [0.2, 0.25) is 0 Å². The summed E-state index contributed by atoms with van der Waals surface area (Å²) in [7, 11) is 3.97. The summed E-state index contributed by atoms with van der Waals surface area (Å²) in [5.41, 5.74) is -1.82. The SMILES string of the molecule is C#C.Cn1c(=O)n(C)c(=O)n(C)c1=O. The van der Waals surface area contributed by atoms with Crippen molar-refractivity contribution in [3.05, 3.63) is 31.5 Å². The first kappa shape index (κ1) is 12.0. The summed E-state index contributed by atoms with van der Waals surface area (Å²) in [4.78, 5) is 33.2. The summed E-state index contributed by atoms with van der Waals surface area (Å²) in [6.07, 6.45) is 8.00. The van der Waals surface area contributed by atoms with Crippen LogP contribution >= 0.6 is 0 Å². The molecular weight excluding hydrogens is 186 g/mol. The van der Waals surface area contributed by atoms with Gasteiger partial charge in [-0.1, -0.05) is 0 Å². The predicted octanol–water partition coefficient (Wildman–Crippen LogP) is -1.97. The zero-order chi connectivity index (χ0) is 11.5. The van der Waals surface area contributed by atoms with Crippen molar-refractivity contribution in [1.82, 2.24) is 13.7 Å². The molecule has 0 aliphatic rings. The molecular formula is C8H11N3O3. The number of hydrogen-bond donors (Lipinski definition) is 0. The number of hydrogen-bond acceptors (Lipinski definition) is 3. The van der Waals surface area contributed by atoms with Gasteiger partial charge in [-0.05, 0) is 0 Å². The second kappa shape index (κ2) is 4.28. The molecule has 6 nitrogen and oxygen atoms in total. The van der Waals surface area contributed by atoms with E-state index in [1.54, 1.807) is 0 Å². The van der Waals surface area contributed by atoms with Crippen LogP contribution in [0.2, 0.25) is 0 Å².